The van der Waals surface area contributed by atoms with Crippen LogP contribution >= 0.6 is 15.9 Å². The van der Waals surface area contributed by atoms with Gasteiger partial charge in [0, 0.05) is 29.3 Å². The van der Waals surface area contributed by atoms with Gasteiger partial charge >= 0.3 is 0 Å². The first-order valence-electron chi connectivity index (χ1n) is 5.01. The number of benzene rings is 1. The van der Waals surface area contributed by atoms with Crippen molar-refractivity contribution < 1.29 is 0 Å². The molecule has 0 bridgehead atoms. The Bertz CT molecular complexity index is 338. The number of halogens is 1. The maximum atomic E-state index is 5.76. The fraction of sp³-hybridized carbons (Fsp3) is 0.455. The first-order valence-corrected chi connectivity index (χ1v) is 5.80. The van der Waals surface area contributed by atoms with Crippen molar-refractivity contribution in [3.8, 4) is 0 Å². The molecular weight excluding hydrogens is 240 g/mol. The number of fused-ring (bicyclic) bond motifs is 1. The summed E-state index contributed by atoms with van der Waals surface area (Å²) >= 11 is 3.50. The molecule has 0 fully saturated rings. The fourth-order valence-corrected chi connectivity index (χ4v) is 2.61. The van der Waals surface area contributed by atoms with Crippen molar-refractivity contribution in [3.63, 3.8) is 0 Å². The average Bonchev–Trinajstić information content (AvgIpc) is 2.54. The lowest BCUT2D eigenvalue weighted by Gasteiger charge is -2.24. The van der Waals surface area contributed by atoms with Crippen LogP contribution in [-0.4, -0.2) is 19.1 Å². The summed E-state index contributed by atoms with van der Waals surface area (Å²) in [5.74, 6) is 0. The van der Waals surface area contributed by atoms with E-state index in [4.69, 9.17) is 5.73 Å². The maximum Gasteiger partial charge on any atom is 0.0453 e. The van der Waals surface area contributed by atoms with E-state index in [0.29, 0.717) is 6.04 Å². The number of rotatable bonds is 2. The number of nitrogens with zero attached hydrogens (tertiary/aromatic N) is 1. The molecule has 0 radical (unpaired) electrons. The van der Waals surface area contributed by atoms with Crippen LogP contribution in [0, 0.1) is 0 Å². The zero-order valence-electron chi connectivity index (χ0n) is 8.33. The number of anilines is 1. The third-order valence-electron chi connectivity index (χ3n) is 2.86. The molecule has 2 N–H and O–H groups in total. The fourth-order valence-electron chi connectivity index (χ4n) is 2.20. The van der Waals surface area contributed by atoms with Crippen LogP contribution in [0.4, 0.5) is 5.69 Å². The highest BCUT2D eigenvalue weighted by molar-refractivity contribution is 9.10. The number of likely N-dealkylation sites (N-methyl/N-ethyl adjacent to an activating group) is 1. The van der Waals surface area contributed by atoms with Gasteiger partial charge in [0.25, 0.3) is 0 Å². The monoisotopic (exact) mass is 254 g/mol. The van der Waals surface area contributed by atoms with Crippen molar-refractivity contribution in [3.05, 3.63) is 28.2 Å². The molecule has 0 aliphatic carbocycles. The molecule has 1 heterocycles. The van der Waals surface area contributed by atoms with Crippen LogP contribution in [0.25, 0.3) is 0 Å². The van der Waals surface area contributed by atoms with Gasteiger partial charge in [0.05, 0.1) is 0 Å². The molecule has 2 nitrogen and oxygen atoms in total. The maximum absolute atomic E-state index is 5.76. The minimum atomic E-state index is 0.490. The van der Waals surface area contributed by atoms with E-state index in [1.165, 1.54) is 11.3 Å². The molecule has 14 heavy (non-hydrogen) atoms. The zero-order chi connectivity index (χ0) is 10.1. The molecule has 2 rings (SSSR count). The number of hydrogen-bond acceptors (Lipinski definition) is 2. The van der Waals surface area contributed by atoms with Crippen molar-refractivity contribution in [2.75, 3.05) is 18.0 Å². The molecule has 1 aliphatic heterocycles. The SMILES string of the molecule is CCN1c2ccc(Br)cc2CC1CN. The molecule has 0 amide bonds. The Morgan fingerprint density at radius 3 is 3.00 bits per heavy atom. The molecule has 1 unspecified atom stereocenters. The molecule has 76 valence electrons. The van der Waals surface area contributed by atoms with Gasteiger partial charge in [-0.2, -0.15) is 0 Å². The highest BCUT2D eigenvalue weighted by Gasteiger charge is 2.26. The lowest BCUT2D eigenvalue weighted by molar-refractivity contribution is 0.643. The second-order valence-electron chi connectivity index (χ2n) is 3.65. The summed E-state index contributed by atoms with van der Waals surface area (Å²) in [4.78, 5) is 2.39. The van der Waals surface area contributed by atoms with Gasteiger partial charge in [-0.15, -0.1) is 0 Å². The Balaban J connectivity index is 2.37. The minimum Gasteiger partial charge on any atom is -0.367 e. The Morgan fingerprint density at radius 1 is 1.57 bits per heavy atom. The molecule has 3 heteroatoms. The molecule has 1 atom stereocenters. The van der Waals surface area contributed by atoms with Gasteiger partial charge in [0.1, 0.15) is 0 Å². The van der Waals surface area contributed by atoms with Crippen LogP contribution in [0.5, 0.6) is 0 Å². The van der Waals surface area contributed by atoms with E-state index in [1.807, 2.05) is 0 Å². The van der Waals surface area contributed by atoms with Gasteiger partial charge in [0.2, 0.25) is 0 Å². The zero-order valence-corrected chi connectivity index (χ0v) is 9.92. The van der Waals surface area contributed by atoms with Crippen LogP contribution in [0.15, 0.2) is 22.7 Å². The second-order valence-corrected chi connectivity index (χ2v) is 4.57. The topological polar surface area (TPSA) is 29.3 Å². The largest absolute Gasteiger partial charge is 0.367 e. The first-order chi connectivity index (χ1) is 6.76. The van der Waals surface area contributed by atoms with Gasteiger partial charge in [-0.1, -0.05) is 15.9 Å². The smallest absolute Gasteiger partial charge is 0.0453 e. The molecule has 1 aromatic rings. The molecule has 1 aliphatic rings. The van der Waals surface area contributed by atoms with Crippen LogP contribution < -0.4 is 10.6 Å². The van der Waals surface area contributed by atoms with Crippen LogP contribution in [-0.2, 0) is 6.42 Å². The van der Waals surface area contributed by atoms with Crippen LogP contribution in [0.3, 0.4) is 0 Å². The standard InChI is InChI=1S/C11H15BrN2/c1-2-14-10(7-13)6-8-5-9(12)3-4-11(8)14/h3-5,10H,2,6-7,13H2,1H3. The van der Waals surface area contributed by atoms with E-state index >= 15 is 0 Å². The Hall–Kier alpha value is -0.540. The van der Waals surface area contributed by atoms with Crippen LogP contribution in [0.1, 0.15) is 12.5 Å². The number of nitrogens with two attached hydrogens (primary N) is 1. The van der Waals surface area contributed by atoms with Gasteiger partial charge in [0.15, 0.2) is 0 Å². The molecule has 0 aromatic heterocycles. The highest BCUT2D eigenvalue weighted by Crippen LogP contribution is 2.33. The van der Waals surface area contributed by atoms with Gasteiger partial charge in [-0.3, -0.25) is 0 Å². The Labute approximate surface area is 93.2 Å². The normalized spacial score (nSPS) is 19.9. The van der Waals surface area contributed by atoms with Gasteiger partial charge < -0.3 is 10.6 Å². The van der Waals surface area contributed by atoms with E-state index < -0.39 is 0 Å². The summed E-state index contributed by atoms with van der Waals surface area (Å²) in [6.07, 6.45) is 1.08. The van der Waals surface area contributed by atoms with Crippen molar-refractivity contribution in [1.82, 2.24) is 0 Å². The lowest BCUT2D eigenvalue weighted by Crippen LogP contribution is -2.37. The highest BCUT2D eigenvalue weighted by atomic mass is 79.9. The molecule has 0 saturated carbocycles. The predicted octanol–water partition coefficient (Wildman–Crippen LogP) is 2.16. The van der Waals surface area contributed by atoms with E-state index in [1.54, 1.807) is 0 Å². The van der Waals surface area contributed by atoms with Gasteiger partial charge in [-0.25, -0.2) is 0 Å². The predicted molar refractivity (Wildman–Crippen MR) is 63.7 cm³/mol. The van der Waals surface area contributed by atoms with E-state index in [-0.39, 0.29) is 0 Å². The third-order valence-corrected chi connectivity index (χ3v) is 3.35. The molecule has 1 aromatic carbocycles. The van der Waals surface area contributed by atoms with Crippen molar-refractivity contribution in [1.29, 1.82) is 0 Å². The molecular formula is C11H15BrN2. The first kappa shape index (κ1) is 9.99. The van der Waals surface area contributed by atoms with Crippen LogP contribution in [0.2, 0.25) is 0 Å². The quantitative estimate of drug-likeness (QED) is 0.877. The lowest BCUT2D eigenvalue weighted by atomic mass is 10.1. The number of hydrogen-bond donors (Lipinski definition) is 1. The summed E-state index contributed by atoms with van der Waals surface area (Å²) in [7, 11) is 0. The van der Waals surface area contributed by atoms with Crippen molar-refractivity contribution in [2.45, 2.75) is 19.4 Å². The summed E-state index contributed by atoms with van der Waals surface area (Å²) in [5.41, 5.74) is 8.53. The summed E-state index contributed by atoms with van der Waals surface area (Å²) in [6, 6.07) is 6.97. The van der Waals surface area contributed by atoms with E-state index in [9.17, 15) is 0 Å². The van der Waals surface area contributed by atoms with E-state index in [0.717, 1.165) is 24.0 Å². The summed E-state index contributed by atoms with van der Waals surface area (Å²) in [5, 5.41) is 0. The second kappa shape index (κ2) is 3.91. The average molecular weight is 255 g/mol. The minimum absolute atomic E-state index is 0.490. The summed E-state index contributed by atoms with van der Waals surface area (Å²) in [6.45, 7) is 3.95. The van der Waals surface area contributed by atoms with Crippen molar-refractivity contribution in [2.24, 2.45) is 5.73 Å². The third kappa shape index (κ3) is 1.55. The molecule has 0 saturated heterocycles. The Morgan fingerprint density at radius 2 is 2.36 bits per heavy atom. The van der Waals surface area contributed by atoms with Crippen molar-refractivity contribution >= 4 is 21.6 Å². The molecule has 0 spiro atoms. The van der Waals surface area contributed by atoms with Gasteiger partial charge in [-0.05, 0) is 37.1 Å². The Kier molecular flexibility index (Phi) is 2.79. The summed E-state index contributed by atoms with van der Waals surface area (Å²) < 4.78 is 1.16. The van der Waals surface area contributed by atoms with E-state index in [2.05, 4.69) is 46.0 Å².